The number of benzene rings is 1. The lowest BCUT2D eigenvalue weighted by Gasteiger charge is -2.01. The summed E-state index contributed by atoms with van der Waals surface area (Å²) in [5.74, 6) is -0.683. The van der Waals surface area contributed by atoms with Gasteiger partial charge in [0.25, 0.3) is 0 Å². The summed E-state index contributed by atoms with van der Waals surface area (Å²) < 4.78 is 36.0. The fourth-order valence-electron chi connectivity index (χ4n) is 1.61. The number of halogens is 3. The highest BCUT2D eigenvalue weighted by Gasteiger charge is 2.48. The molecule has 2 unspecified atom stereocenters. The smallest absolute Gasteiger partial charge is 0.212 e. The average molecular weight is 314 g/mol. The molecule has 15 heavy (non-hydrogen) atoms. The van der Waals surface area contributed by atoms with Gasteiger partial charge in [0, 0.05) is 21.1 Å². The summed E-state index contributed by atoms with van der Waals surface area (Å²) in [6, 6.07) is 4.60. The van der Waals surface area contributed by atoms with Crippen molar-refractivity contribution in [1.82, 2.24) is 0 Å². The molecule has 1 aromatic rings. The van der Waals surface area contributed by atoms with Crippen LogP contribution in [0.4, 0.5) is 4.39 Å². The highest BCUT2D eigenvalue weighted by atomic mass is 79.9. The van der Waals surface area contributed by atoms with Crippen molar-refractivity contribution < 1.29 is 12.8 Å². The second kappa shape index (κ2) is 3.71. The Morgan fingerprint density at radius 2 is 2.13 bits per heavy atom. The molecule has 1 aromatic carbocycles. The summed E-state index contributed by atoms with van der Waals surface area (Å²) in [7, 11) is 1.64. The Morgan fingerprint density at radius 1 is 1.47 bits per heavy atom. The summed E-state index contributed by atoms with van der Waals surface area (Å²) >= 11 is 3.14. The van der Waals surface area contributed by atoms with E-state index in [1.165, 1.54) is 6.07 Å². The molecule has 2 nitrogen and oxygen atoms in total. The summed E-state index contributed by atoms with van der Waals surface area (Å²) in [6.45, 7) is 0. The molecule has 6 heteroatoms. The van der Waals surface area contributed by atoms with Crippen molar-refractivity contribution in [3.8, 4) is 0 Å². The molecule has 2 atom stereocenters. The van der Waals surface area contributed by atoms with Gasteiger partial charge in [-0.25, -0.2) is 12.8 Å². The molecule has 0 saturated heterocycles. The zero-order valence-electron chi connectivity index (χ0n) is 7.45. The standard InChI is InChI=1S/C9H7BrClFO2S/c10-5-1-2-6(8(12)3-5)7-4-9(7)15(11,13)14/h1-3,7,9H,4H2. The zero-order valence-corrected chi connectivity index (χ0v) is 10.6. The molecular weight excluding hydrogens is 307 g/mol. The lowest BCUT2D eigenvalue weighted by Crippen LogP contribution is -2.00. The van der Waals surface area contributed by atoms with Gasteiger partial charge in [0.05, 0.1) is 5.25 Å². The molecule has 0 aliphatic heterocycles. The van der Waals surface area contributed by atoms with E-state index in [1.54, 1.807) is 12.1 Å². The summed E-state index contributed by atoms with van der Waals surface area (Å²) in [4.78, 5) is 0. The Kier molecular flexibility index (Phi) is 2.81. The van der Waals surface area contributed by atoms with Crippen LogP contribution in [0.15, 0.2) is 22.7 Å². The third-order valence-corrected chi connectivity index (χ3v) is 4.88. The van der Waals surface area contributed by atoms with E-state index < -0.39 is 20.1 Å². The largest absolute Gasteiger partial charge is 0.236 e. The molecule has 0 heterocycles. The lowest BCUT2D eigenvalue weighted by atomic mass is 10.1. The normalized spacial score (nSPS) is 25.3. The van der Waals surface area contributed by atoms with Gasteiger partial charge < -0.3 is 0 Å². The van der Waals surface area contributed by atoms with Crippen molar-refractivity contribution in [2.24, 2.45) is 0 Å². The first-order chi connectivity index (χ1) is 6.89. The molecule has 0 aromatic heterocycles. The Balaban J connectivity index is 2.28. The fourth-order valence-corrected chi connectivity index (χ4v) is 3.51. The maximum Gasteiger partial charge on any atom is 0.236 e. The molecule has 1 aliphatic rings. The Labute approximate surface area is 100.0 Å². The summed E-state index contributed by atoms with van der Waals surface area (Å²) in [5.41, 5.74) is 0.424. The second-order valence-corrected chi connectivity index (χ2v) is 7.28. The van der Waals surface area contributed by atoms with Crippen LogP contribution in [-0.2, 0) is 9.05 Å². The Morgan fingerprint density at radius 3 is 2.60 bits per heavy atom. The van der Waals surface area contributed by atoms with Crippen LogP contribution in [0.3, 0.4) is 0 Å². The molecule has 2 rings (SSSR count). The number of hydrogen-bond acceptors (Lipinski definition) is 2. The van der Waals surface area contributed by atoms with Crippen LogP contribution < -0.4 is 0 Å². The molecule has 82 valence electrons. The maximum atomic E-state index is 13.4. The summed E-state index contributed by atoms with van der Waals surface area (Å²) in [5, 5.41) is -0.630. The highest BCUT2D eigenvalue weighted by molar-refractivity contribution is 9.10. The molecule has 1 fully saturated rings. The monoisotopic (exact) mass is 312 g/mol. The van der Waals surface area contributed by atoms with E-state index in [1.807, 2.05) is 0 Å². The van der Waals surface area contributed by atoms with E-state index in [0.717, 1.165) is 0 Å². The fraction of sp³-hybridized carbons (Fsp3) is 0.333. The molecule has 0 N–H and O–H groups in total. The summed E-state index contributed by atoms with van der Waals surface area (Å²) in [6.07, 6.45) is 0.407. The molecule has 0 spiro atoms. The van der Waals surface area contributed by atoms with Crippen LogP contribution >= 0.6 is 26.6 Å². The van der Waals surface area contributed by atoms with Gasteiger partial charge in [0.2, 0.25) is 9.05 Å². The predicted molar refractivity (Wildman–Crippen MR) is 60.0 cm³/mol. The van der Waals surface area contributed by atoms with Gasteiger partial charge >= 0.3 is 0 Å². The topological polar surface area (TPSA) is 34.1 Å². The van der Waals surface area contributed by atoms with Crippen LogP contribution in [0.25, 0.3) is 0 Å². The predicted octanol–water partition coefficient (Wildman–Crippen LogP) is 3.01. The van der Waals surface area contributed by atoms with E-state index in [4.69, 9.17) is 10.7 Å². The maximum absolute atomic E-state index is 13.4. The minimum atomic E-state index is -3.56. The molecule has 0 bridgehead atoms. The molecule has 0 amide bonds. The lowest BCUT2D eigenvalue weighted by molar-refractivity contribution is 0.602. The van der Waals surface area contributed by atoms with E-state index >= 15 is 0 Å². The second-order valence-electron chi connectivity index (χ2n) is 3.52. The number of hydrogen-bond donors (Lipinski definition) is 0. The minimum absolute atomic E-state index is 0.291. The molecular formula is C9H7BrClFO2S. The van der Waals surface area contributed by atoms with E-state index in [2.05, 4.69) is 15.9 Å². The van der Waals surface area contributed by atoms with Gasteiger partial charge in [-0.1, -0.05) is 22.0 Å². The Bertz CT molecular complexity index is 503. The molecule has 1 aliphatic carbocycles. The minimum Gasteiger partial charge on any atom is -0.212 e. The van der Waals surface area contributed by atoms with Gasteiger partial charge in [-0.05, 0) is 24.1 Å². The van der Waals surface area contributed by atoms with Crippen molar-refractivity contribution in [3.05, 3.63) is 34.1 Å². The van der Waals surface area contributed by atoms with Crippen molar-refractivity contribution >= 4 is 35.7 Å². The molecule has 0 radical (unpaired) electrons. The first-order valence-electron chi connectivity index (χ1n) is 4.28. The first-order valence-corrected chi connectivity index (χ1v) is 7.44. The number of rotatable bonds is 2. The van der Waals surface area contributed by atoms with E-state index in [9.17, 15) is 12.8 Å². The third kappa shape index (κ3) is 2.34. The van der Waals surface area contributed by atoms with Gasteiger partial charge in [0.15, 0.2) is 0 Å². The first kappa shape index (κ1) is 11.4. The van der Waals surface area contributed by atoms with Gasteiger partial charge in [0.1, 0.15) is 5.82 Å². The van der Waals surface area contributed by atoms with Gasteiger partial charge in [-0.3, -0.25) is 0 Å². The van der Waals surface area contributed by atoms with Crippen LogP contribution in [0, 0.1) is 5.82 Å². The quantitative estimate of drug-likeness (QED) is 0.787. The Hall–Kier alpha value is -0.130. The van der Waals surface area contributed by atoms with Crippen molar-refractivity contribution in [3.63, 3.8) is 0 Å². The van der Waals surface area contributed by atoms with Gasteiger partial charge in [-0.15, -0.1) is 0 Å². The van der Waals surface area contributed by atoms with Crippen molar-refractivity contribution in [1.29, 1.82) is 0 Å². The van der Waals surface area contributed by atoms with Crippen LogP contribution in [0.5, 0.6) is 0 Å². The van der Waals surface area contributed by atoms with Crippen molar-refractivity contribution in [2.45, 2.75) is 17.6 Å². The van der Waals surface area contributed by atoms with Crippen molar-refractivity contribution in [2.75, 3.05) is 0 Å². The third-order valence-electron chi connectivity index (χ3n) is 2.46. The van der Waals surface area contributed by atoms with Gasteiger partial charge in [-0.2, -0.15) is 0 Å². The van der Waals surface area contributed by atoms with E-state index in [0.29, 0.717) is 16.5 Å². The SMILES string of the molecule is O=S(=O)(Cl)C1CC1c1ccc(Br)cc1F. The van der Waals surface area contributed by atoms with Crippen LogP contribution in [-0.4, -0.2) is 13.7 Å². The average Bonchev–Trinajstić information content (AvgIpc) is 2.82. The van der Waals surface area contributed by atoms with Crippen LogP contribution in [0.2, 0.25) is 0 Å². The zero-order chi connectivity index (χ0) is 11.2. The highest BCUT2D eigenvalue weighted by Crippen LogP contribution is 2.48. The molecule has 1 saturated carbocycles. The van der Waals surface area contributed by atoms with E-state index in [-0.39, 0.29) is 5.92 Å². The van der Waals surface area contributed by atoms with Crippen LogP contribution in [0.1, 0.15) is 17.9 Å².